The van der Waals surface area contributed by atoms with Crippen molar-refractivity contribution in [3.63, 3.8) is 0 Å². The van der Waals surface area contributed by atoms with E-state index in [9.17, 15) is 72.5 Å². The third kappa shape index (κ3) is 20.7. The largest absolute Gasteiger partial charge is 0.513 e. The lowest BCUT2D eigenvalue weighted by Gasteiger charge is -2.34. The van der Waals surface area contributed by atoms with E-state index in [1.165, 1.54) is 36.0 Å². The Labute approximate surface area is 572 Å². The van der Waals surface area contributed by atoms with Crippen LogP contribution in [0, 0.1) is 35.0 Å². The van der Waals surface area contributed by atoms with E-state index >= 15 is 0 Å². The lowest BCUT2D eigenvalue weighted by molar-refractivity contribution is -0.145. The number of Topliss-reactive ketones (excluding diaryl/α,β-unsaturated/α-hetero) is 2. The van der Waals surface area contributed by atoms with Crippen LogP contribution in [0.25, 0.3) is 21.8 Å². The number of carboxylic acids is 1. The number of para-hydroxylation sites is 2. The van der Waals surface area contributed by atoms with E-state index in [2.05, 4.69) is 64.4 Å². The van der Waals surface area contributed by atoms with Gasteiger partial charge in [0.2, 0.25) is 53.2 Å². The molecule has 0 bridgehead atoms. The number of hydrogen-bond donors (Lipinski definition) is 14. The summed E-state index contributed by atoms with van der Waals surface area (Å²) in [6, 6.07) is 13.6. The number of nitrogens with zero attached hydrogens (tertiary/aromatic N) is 2. The zero-order chi connectivity index (χ0) is 72.4. The molecule has 3 aliphatic heterocycles. The fourth-order valence-corrected chi connectivity index (χ4v) is 12.6. The van der Waals surface area contributed by atoms with Gasteiger partial charge in [-0.2, -0.15) is 0 Å². The van der Waals surface area contributed by atoms with Crippen LogP contribution in [0.4, 0.5) is 0 Å². The number of fused-ring (bicyclic) bond motifs is 2. The number of carbonyl (C=O) groups excluding carboxylic acids is 12. The minimum atomic E-state index is -1.50. The van der Waals surface area contributed by atoms with E-state index in [0.29, 0.717) is 37.2 Å². The maximum Gasteiger partial charge on any atom is 0.305 e. The third-order valence-electron chi connectivity index (χ3n) is 17.8. The number of carboxylic acid groups (broad SMARTS) is 1. The first-order chi connectivity index (χ1) is 47.0. The van der Waals surface area contributed by atoms with Gasteiger partial charge in [-0.3, -0.25) is 62.3 Å². The molecule has 3 aromatic carbocycles. The number of aliphatic hydroxyl groups is 1. The topological polar surface area (TPSA) is 433 Å². The Morgan fingerprint density at radius 1 is 0.576 bits per heavy atom. The number of aromatic amines is 2. The fraction of sp³-hybridized carbons (Fsp3) is 0.457. The standard InChI is InChI=1S/C36H43N7O8.C34H47N7O7/c1-19(2)32-35(50)42-28(17-39-33(48)22-11-9-21(10-12-22)20(3)37)34(49)40-18-30(45)41-27(15-31(46)47)29(44)14-23(36(51)43(32)4)13-24-16-38-26-8-6-5-7-25(24)26;1-19(2)30-33(47)40-27(17-37-31(45)21-9-11-35-12-10-21)32(46)38-18-29(44)39-26(13-20(3)42)28(43)15-22(34(48)41(30)4)14-23-16-36-25-8-6-5-7-24(23)25/h5-12,16,19,23,27-28,32,37-38H,13-15,17-18H2,1-4H3,(H,39,48)(H,40,49)(H,41,45)(H,42,50)(H,46,47);5-8,16,19,21-22,26-27,30,35-36,42H,3,9-15,17-18H2,1-2,4H3,(H,37,45)(H,38,46)(H,39,44)(H,40,47). The smallest absolute Gasteiger partial charge is 0.305 e. The van der Waals surface area contributed by atoms with Crippen LogP contribution in [0.3, 0.4) is 0 Å². The highest BCUT2D eigenvalue weighted by Gasteiger charge is 2.41. The molecule has 0 aliphatic carbocycles. The number of aliphatic carboxylic acids is 1. The van der Waals surface area contributed by atoms with Crippen molar-refractivity contribution in [1.29, 1.82) is 5.41 Å². The van der Waals surface area contributed by atoms with Gasteiger partial charge in [-0.1, -0.05) is 82.8 Å². The van der Waals surface area contributed by atoms with Crippen molar-refractivity contribution < 1.29 is 72.5 Å². The first-order valence-corrected chi connectivity index (χ1v) is 33.0. The second-order valence-electron chi connectivity index (χ2n) is 26.0. The lowest BCUT2D eigenvalue weighted by atomic mass is 9.89. The molecule has 3 aliphatic rings. The number of nitrogens with one attached hydrogen (secondary N) is 12. The summed E-state index contributed by atoms with van der Waals surface area (Å²) in [5, 5.41) is 52.6. The summed E-state index contributed by atoms with van der Waals surface area (Å²) in [7, 11) is 2.91. The second-order valence-corrected chi connectivity index (χ2v) is 26.0. The Morgan fingerprint density at radius 3 is 1.42 bits per heavy atom. The third-order valence-corrected chi connectivity index (χ3v) is 17.8. The number of carbonyl (C=O) groups is 13. The highest BCUT2D eigenvalue weighted by molar-refractivity contribution is 6.02. The Balaban J connectivity index is 0.000000279. The number of amides is 10. The van der Waals surface area contributed by atoms with Crippen molar-refractivity contribution in [2.45, 2.75) is 122 Å². The van der Waals surface area contributed by atoms with Crippen molar-refractivity contribution in [2.24, 2.45) is 29.6 Å². The van der Waals surface area contributed by atoms with E-state index in [4.69, 9.17) is 5.41 Å². The summed E-state index contributed by atoms with van der Waals surface area (Å²) in [6.07, 6.45) is 3.20. The molecule has 2 aromatic heterocycles. The number of likely N-dealkylation sites (N-methyl/N-ethyl adjacent to an activating group) is 2. The Bertz CT molecular complexity index is 3850. The summed E-state index contributed by atoms with van der Waals surface area (Å²) >= 11 is 0. The number of H-pyrrole nitrogens is 2. The first kappa shape index (κ1) is 75.8. The van der Waals surface area contributed by atoms with Crippen molar-refractivity contribution in [1.82, 2.24) is 67.6 Å². The maximum atomic E-state index is 14.3. The van der Waals surface area contributed by atoms with E-state index in [0.717, 1.165) is 32.9 Å². The molecule has 99 heavy (non-hydrogen) atoms. The second kappa shape index (κ2) is 35.1. The number of ketones is 2. The molecule has 8 unspecified atom stereocenters. The van der Waals surface area contributed by atoms with Crippen LogP contribution >= 0.6 is 0 Å². The van der Waals surface area contributed by atoms with Gasteiger partial charge in [0, 0.05) is 110 Å². The quantitative estimate of drug-likeness (QED) is 0.0464. The molecule has 3 saturated heterocycles. The van der Waals surface area contributed by atoms with Gasteiger partial charge >= 0.3 is 5.97 Å². The molecule has 5 aromatic rings. The Hall–Kier alpha value is -10.6. The van der Waals surface area contributed by atoms with Crippen LogP contribution in [0.1, 0.15) is 100 Å². The van der Waals surface area contributed by atoms with Gasteiger partial charge in [0.05, 0.1) is 37.4 Å². The van der Waals surface area contributed by atoms with E-state index in [1.54, 1.807) is 59.1 Å². The van der Waals surface area contributed by atoms with Gasteiger partial charge in [0.15, 0.2) is 11.6 Å². The van der Waals surface area contributed by atoms with Gasteiger partial charge in [0.1, 0.15) is 24.2 Å². The van der Waals surface area contributed by atoms with Gasteiger partial charge in [-0.25, -0.2) is 0 Å². The molecular weight excluding hydrogens is 1280 g/mol. The average molecular weight is 1370 g/mol. The highest BCUT2D eigenvalue weighted by atomic mass is 16.4. The van der Waals surface area contributed by atoms with Crippen LogP contribution in [0.5, 0.6) is 0 Å². The summed E-state index contributed by atoms with van der Waals surface area (Å²) in [6.45, 7) is 11.6. The zero-order valence-corrected chi connectivity index (χ0v) is 56.6. The highest BCUT2D eigenvalue weighted by Crippen LogP contribution is 2.28. The number of hydrogen-bond acceptors (Lipinski definition) is 16. The zero-order valence-electron chi connectivity index (χ0n) is 56.6. The molecule has 8 atom stereocenters. The van der Waals surface area contributed by atoms with Gasteiger partial charge in [0.25, 0.3) is 5.91 Å². The van der Waals surface area contributed by atoms with E-state index in [-0.39, 0.29) is 55.4 Å². The number of benzene rings is 3. The molecule has 0 spiro atoms. The van der Waals surface area contributed by atoms with Crippen LogP contribution in [0.2, 0.25) is 0 Å². The maximum absolute atomic E-state index is 14.3. The molecule has 8 rings (SSSR count). The summed E-state index contributed by atoms with van der Waals surface area (Å²) < 4.78 is 0. The molecule has 3 fully saturated rings. The summed E-state index contributed by atoms with van der Waals surface area (Å²) in [5.41, 5.74) is 4.35. The monoisotopic (exact) mass is 1370 g/mol. The Kier molecular flexibility index (Phi) is 26.9. The molecule has 29 heteroatoms. The van der Waals surface area contributed by atoms with Gasteiger partial charge < -0.3 is 83.2 Å². The van der Waals surface area contributed by atoms with E-state index < -0.39 is 163 Å². The van der Waals surface area contributed by atoms with E-state index in [1.807, 2.05) is 48.5 Å². The summed E-state index contributed by atoms with van der Waals surface area (Å²) in [4.78, 5) is 183. The predicted octanol–water partition coefficient (Wildman–Crippen LogP) is 1.61. The molecule has 14 N–H and O–H groups in total. The summed E-state index contributed by atoms with van der Waals surface area (Å²) in [5.74, 6) is -12.4. The fourth-order valence-electron chi connectivity index (χ4n) is 12.6. The molecular formula is C70H90N14O15. The predicted molar refractivity (Wildman–Crippen MR) is 365 cm³/mol. The van der Waals surface area contributed by atoms with Crippen LogP contribution in [0.15, 0.2) is 97.5 Å². The normalized spacial score (nSPS) is 22.4. The van der Waals surface area contributed by atoms with Gasteiger partial charge in [-0.05, 0) is 98.5 Å². The van der Waals surface area contributed by atoms with Crippen molar-refractivity contribution in [3.8, 4) is 0 Å². The first-order valence-electron chi connectivity index (χ1n) is 33.0. The minimum absolute atomic E-state index is 0.0637. The molecule has 10 amide bonds. The van der Waals surface area contributed by atoms with Crippen LogP contribution < -0.4 is 47.9 Å². The molecule has 530 valence electrons. The lowest BCUT2D eigenvalue weighted by Crippen LogP contribution is -2.59. The molecule has 5 heterocycles. The van der Waals surface area contributed by atoms with Crippen molar-refractivity contribution >= 4 is 104 Å². The number of aliphatic hydroxyl groups excluding tert-OH is 1. The number of piperidine rings is 1. The minimum Gasteiger partial charge on any atom is -0.513 e. The Morgan fingerprint density at radius 2 is 1.00 bits per heavy atom. The molecule has 0 saturated carbocycles. The van der Waals surface area contributed by atoms with Crippen molar-refractivity contribution in [2.75, 3.05) is 53.4 Å². The molecule has 0 radical (unpaired) electrons. The average Bonchev–Trinajstić information content (AvgIpc) is 1.83. The van der Waals surface area contributed by atoms with Crippen LogP contribution in [-0.4, -0.2) is 202 Å². The SMILES string of the molecule is C=C(O)CC1NC(=O)CNC(=O)C(CNC(=O)C2CCNCC2)NC(=O)C(C(C)C)N(C)C(=O)C(Cc2c[nH]c3ccccc23)CC1=O.CC(=N)c1ccc(C(=O)NCC2NC(=O)C(C(C)C)N(C)C(=O)C(Cc3c[nH]c4ccccc34)CC(=O)C(CC(=O)O)NC(=O)CNC2=O)cc1. The van der Waals surface area contributed by atoms with Gasteiger partial charge in [-0.15, -0.1) is 0 Å². The molecule has 29 nitrogen and oxygen atoms in total. The van der Waals surface area contributed by atoms with Crippen LogP contribution in [-0.2, 0) is 70.4 Å². The number of aromatic nitrogens is 2. The van der Waals surface area contributed by atoms with Crippen molar-refractivity contribution in [3.05, 3.63) is 120 Å². The number of rotatable bonds is 17.